The maximum Gasteiger partial charge on any atom is 0.337 e. The second-order valence-corrected chi connectivity index (χ2v) is 4.93. The smallest absolute Gasteiger partial charge is 0.337 e. The SMILES string of the molecule is CCC(C)(C)c1ccc(OC)c(C(O)C(=O)O)c1. The van der Waals surface area contributed by atoms with E-state index >= 15 is 0 Å². The van der Waals surface area contributed by atoms with Gasteiger partial charge in [-0.3, -0.25) is 0 Å². The number of rotatable bonds is 5. The molecular weight excluding hydrogens is 232 g/mol. The Morgan fingerprint density at radius 3 is 2.50 bits per heavy atom. The number of ether oxygens (including phenoxy) is 1. The van der Waals surface area contributed by atoms with Gasteiger partial charge < -0.3 is 14.9 Å². The van der Waals surface area contributed by atoms with E-state index in [0.29, 0.717) is 11.3 Å². The molecule has 4 heteroatoms. The lowest BCUT2D eigenvalue weighted by Crippen LogP contribution is -2.18. The zero-order valence-corrected chi connectivity index (χ0v) is 11.2. The number of hydrogen-bond acceptors (Lipinski definition) is 3. The standard InChI is InChI=1S/C14H20O4/c1-5-14(2,3)9-6-7-11(18-4)10(8-9)12(15)13(16)17/h6-8,12,15H,5H2,1-4H3,(H,16,17). The highest BCUT2D eigenvalue weighted by atomic mass is 16.5. The molecular formula is C14H20O4. The number of aliphatic hydroxyl groups is 1. The molecule has 0 heterocycles. The highest BCUT2D eigenvalue weighted by Crippen LogP contribution is 2.33. The number of carboxylic acid groups (broad SMARTS) is 1. The van der Waals surface area contributed by atoms with Gasteiger partial charge in [0.1, 0.15) is 5.75 Å². The molecule has 0 bridgehead atoms. The van der Waals surface area contributed by atoms with Gasteiger partial charge in [-0.1, -0.05) is 26.8 Å². The number of hydrogen-bond donors (Lipinski definition) is 2. The van der Waals surface area contributed by atoms with Gasteiger partial charge in [-0.2, -0.15) is 0 Å². The molecule has 1 rings (SSSR count). The molecule has 0 aliphatic heterocycles. The highest BCUT2D eigenvalue weighted by Gasteiger charge is 2.24. The van der Waals surface area contributed by atoms with Crippen molar-refractivity contribution in [3.8, 4) is 5.75 Å². The normalized spacial score (nSPS) is 13.2. The lowest BCUT2D eigenvalue weighted by Gasteiger charge is -2.25. The summed E-state index contributed by atoms with van der Waals surface area (Å²) in [5, 5.41) is 18.6. The van der Waals surface area contributed by atoms with E-state index in [1.807, 2.05) is 6.07 Å². The molecule has 0 saturated heterocycles. The number of aliphatic hydroxyl groups excluding tert-OH is 1. The third-order valence-electron chi connectivity index (χ3n) is 3.42. The topological polar surface area (TPSA) is 66.8 Å². The zero-order chi connectivity index (χ0) is 13.9. The Morgan fingerprint density at radius 2 is 2.06 bits per heavy atom. The molecule has 0 saturated carbocycles. The van der Waals surface area contributed by atoms with Crippen LogP contribution in [0.2, 0.25) is 0 Å². The van der Waals surface area contributed by atoms with E-state index < -0.39 is 12.1 Å². The van der Waals surface area contributed by atoms with Gasteiger partial charge in [0, 0.05) is 5.56 Å². The molecule has 0 spiro atoms. The van der Waals surface area contributed by atoms with E-state index in [0.717, 1.165) is 12.0 Å². The van der Waals surface area contributed by atoms with Crippen molar-refractivity contribution in [3.63, 3.8) is 0 Å². The monoisotopic (exact) mass is 252 g/mol. The van der Waals surface area contributed by atoms with Crippen LogP contribution in [0.3, 0.4) is 0 Å². The fourth-order valence-electron chi connectivity index (χ4n) is 1.71. The van der Waals surface area contributed by atoms with Gasteiger partial charge in [-0.05, 0) is 29.5 Å². The Morgan fingerprint density at radius 1 is 1.44 bits per heavy atom. The van der Waals surface area contributed by atoms with Crippen molar-refractivity contribution in [2.75, 3.05) is 7.11 Å². The van der Waals surface area contributed by atoms with Gasteiger partial charge >= 0.3 is 5.97 Å². The maximum absolute atomic E-state index is 10.9. The fourth-order valence-corrected chi connectivity index (χ4v) is 1.71. The summed E-state index contributed by atoms with van der Waals surface area (Å²) < 4.78 is 5.09. The third-order valence-corrected chi connectivity index (χ3v) is 3.42. The van der Waals surface area contributed by atoms with Gasteiger partial charge in [0.05, 0.1) is 7.11 Å². The Labute approximate surface area is 107 Å². The van der Waals surface area contributed by atoms with Gasteiger partial charge in [0.2, 0.25) is 0 Å². The number of carbonyl (C=O) groups is 1. The molecule has 18 heavy (non-hydrogen) atoms. The predicted octanol–water partition coefficient (Wildman–Crippen LogP) is 2.50. The van der Waals surface area contributed by atoms with Crippen LogP contribution < -0.4 is 4.74 Å². The summed E-state index contributed by atoms with van der Waals surface area (Å²) in [7, 11) is 1.46. The molecule has 0 fully saturated rings. The van der Waals surface area contributed by atoms with Gasteiger partial charge in [-0.15, -0.1) is 0 Å². The van der Waals surface area contributed by atoms with Crippen LogP contribution in [0.15, 0.2) is 18.2 Å². The molecule has 0 aliphatic carbocycles. The van der Waals surface area contributed by atoms with Crippen LogP contribution in [0.1, 0.15) is 44.4 Å². The van der Waals surface area contributed by atoms with E-state index in [2.05, 4.69) is 20.8 Å². The van der Waals surface area contributed by atoms with Crippen molar-refractivity contribution >= 4 is 5.97 Å². The fraction of sp³-hybridized carbons (Fsp3) is 0.500. The van der Waals surface area contributed by atoms with Gasteiger partial charge in [0.15, 0.2) is 6.10 Å². The van der Waals surface area contributed by atoms with Crippen molar-refractivity contribution in [2.24, 2.45) is 0 Å². The van der Waals surface area contributed by atoms with Crippen LogP contribution >= 0.6 is 0 Å². The summed E-state index contributed by atoms with van der Waals surface area (Å²) in [4.78, 5) is 10.9. The molecule has 1 atom stereocenters. The van der Waals surface area contributed by atoms with E-state index in [4.69, 9.17) is 9.84 Å². The van der Waals surface area contributed by atoms with Crippen LogP contribution in [0.5, 0.6) is 5.75 Å². The molecule has 2 N–H and O–H groups in total. The highest BCUT2D eigenvalue weighted by molar-refractivity contribution is 5.75. The average Bonchev–Trinajstić information content (AvgIpc) is 2.36. The van der Waals surface area contributed by atoms with Crippen LogP contribution in [0, 0.1) is 0 Å². The lowest BCUT2D eigenvalue weighted by atomic mass is 9.81. The summed E-state index contributed by atoms with van der Waals surface area (Å²) in [5.74, 6) is -0.889. The van der Waals surface area contributed by atoms with Crippen molar-refractivity contribution in [1.29, 1.82) is 0 Å². The number of benzene rings is 1. The molecule has 100 valence electrons. The van der Waals surface area contributed by atoms with Crippen LogP contribution in [0.25, 0.3) is 0 Å². The molecule has 0 aromatic heterocycles. The van der Waals surface area contributed by atoms with Crippen LogP contribution in [-0.4, -0.2) is 23.3 Å². The van der Waals surface area contributed by atoms with Crippen molar-refractivity contribution in [3.05, 3.63) is 29.3 Å². The largest absolute Gasteiger partial charge is 0.496 e. The Hall–Kier alpha value is -1.55. The van der Waals surface area contributed by atoms with E-state index in [9.17, 15) is 9.90 Å². The Kier molecular flexibility index (Phi) is 4.35. The summed E-state index contributed by atoms with van der Waals surface area (Å²) in [5.41, 5.74) is 1.21. The third kappa shape index (κ3) is 2.82. The Bertz CT molecular complexity index is 437. The average molecular weight is 252 g/mol. The molecule has 1 aromatic carbocycles. The zero-order valence-electron chi connectivity index (χ0n) is 11.2. The second kappa shape index (κ2) is 5.40. The van der Waals surface area contributed by atoms with Crippen LogP contribution in [0.4, 0.5) is 0 Å². The summed E-state index contributed by atoms with van der Waals surface area (Å²) in [6.45, 7) is 6.22. The minimum Gasteiger partial charge on any atom is -0.496 e. The summed E-state index contributed by atoms with van der Waals surface area (Å²) in [6, 6.07) is 5.32. The first-order chi connectivity index (χ1) is 8.33. The molecule has 4 nitrogen and oxygen atoms in total. The summed E-state index contributed by atoms with van der Waals surface area (Å²) in [6.07, 6.45) is -0.644. The molecule has 0 amide bonds. The quantitative estimate of drug-likeness (QED) is 0.845. The van der Waals surface area contributed by atoms with Gasteiger partial charge in [-0.25, -0.2) is 4.79 Å². The van der Waals surface area contributed by atoms with Crippen molar-refractivity contribution in [2.45, 2.75) is 38.7 Å². The first kappa shape index (κ1) is 14.5. The second-order valence-electron chi connectivity index (χ2n) is 4.93. The number of carboxylic acids is 1. The number of aliphatic carboxylic acids is 1. The maximum atomic E-state index is 10.9. The molecule has 0 radical (unpaired) electrons. The van der Waals surface area contributed by atoms with E-state index in [-0.39, 0.29) is 5.41 Å². The number of methoxy groups -OCH3 is 1. The molecule has 1 aromatic rings. The predicted molar refractivity (Wildman–Crippen MR) is 68.9 cm³/mol. The van der Waals surface area contributed by atoms with Crippen molar-refractivity contribution < 1.29 is 19.7 Å². The lowest BCUT2D eigenvalue weighted by molar-refractivity contribution is -0.147. The molecule has 0 aliphatic rings. The minimum atomic E-state index is -1.56. The Balaban J connectivity index is 3.30. The first-order valence-corrected chi connectivity index (χ1v) is 5.92. The first-order valence-electron chi connectivity index (χ1n) is 5.92. The molecule has 1 unspecified atom stereocenters. The van der Waals surface area contributed by atoms with E-state index in [1.165, 1.54) is 7.11 Å². The van der Waals surface area contributed by atoms with E-state index in [1.54, 1.807) is 12.1 Å². The van der Waals surface area contributed by atoms with Crippen molar-refractivity contribution in [1.82, 2.24) is 0 Å². The summed E-state index contributed by atoms with van der Waals surface area (Å²) >= 11 is 0. The van der Waals surface area contributed by atoms with Gasteiger partial charge in [0.25, 0.3) is 0 Å². The van der Waals surface area contributed by atoms with Crippen LogP contribution in [-0.2, 0) is 10.2 Å². The minimum absolute atomic E-state index is 0.0702.